The maximum absolute atomic E-state index is 3.45. The van der Waals surface area contributed by atoms with Crippen LogP contribution >= 0.6 is 0 Å². The van der Waals surface area contributed by atoms with E-state index in [0.29, 0.717) is 0 Å². The first-order valence-electron chi connectivity index (χ1n) is 5.34. The topological polar surface area (TPSA) is 15.3 Å². The molecular formula is C10H20N2. The summed E-state index contributed by atoms with van der Waals surface area (Å²) in [6.07, 6.45) is 5.64. The molecule has 70 valence electrons. The van der Waals surface area contributed by atoms with Crippen LogP contribution in [-0.4, -0.2) is 36.6 Å². The smallest absolute Gasteiger partial charge is 0.0235 e. The van der Waals surface area contributed by atoms with Gasteiger partial charge >= 0.3 is 0 Å². The Morgan fingerprint density at radius 3 is 2.83 bits per heavy atom. The van der Waals surface area contributed by atoms with Crippen LogP contribution in [0.25, 0.3) is 0 Å². The molecule has 1 N–H and O–H groups in total. The second-order valence-corrected chi connectivity index (χ2v) is 4.23. The highest BCUT2D eigenvalue weighted by Crippen LogP contribution is 2.21. The molecular weight excluding hydrogens is 148 g/mol. The summed E-state index contributed by atoms with van der Waals surface area (Å²) >= 11 is 0. The van der Waals surface area contributed by atoms with E-state index in [1.807, 2.05) is 0 Å². The van der Waals surface area contributed by atoms with Gasteiger partial charge in [0.05, 0.1) is 0 Å². The number of hydrogen-bond acceptors (Lipinski definition) is 2. The minimum Gasteiger partial charge on any atom is -0.315 e. The minimum atomic E-state index is 0.837. The van der Waals surface area contributed by atoms with E-state index in [1.54, 1.807) is 0 Å². The van der Waals surface area contributed by atoms with Crippen molar-refractivity contribution < 1.29 is 0 Å². The molecule has 2 aliphatic rings. The molecule has 2 heterocycles. The summed E-state index contributed by atoms with van der Waals surface area (Å²) in [6, 6.07) is 1.68. The summed E-state index contributed by atoms with van der Waals surface area (Å²) in [7, 11) is 0. The van der Waals surface area contributed by atoms with Crippen molar-refractivity contribution in [2.45, 2.75) is 44.7 Å². The lowest BCUT2D eigenvalue weighted by atomic mass is 10.0. The van der Waals surface area contributed by atoms with Crippen LogP contribution in [0.3, 0.4) is 0 Å². The largest absolute Gasteiger partial charge is 0.315 e. The van der Waals surface area contributed by atoms with Crippen LogP contribution < -0.4 is 5.32 Å². The third-order valence-corrected chi connectivity index (χ3v) is 3.36. The number of piperidine rings is 1. The standard InChI is InChI=1S/C10H20N2/c1-9-4-2-3-7-12(9)10-5-6-11-8-10/h9-11H,2-8H2,1H3/t9-,10+/m1/s1. The quantitative estimate of drug-likeness (QED) is 0.633. The molecule has 2 rings (SSSR count). The zero-order valence-corrected chi connectivity index (χ0v) is 8.05. The maximum Gasteiger partial charge on any atom is 0.0235 e. The van der Waals surface area contributed by atoms with Crippen LogP contribution in [-0.2, 0) is 0 Å². The zero-order valence-electron chi connectivity index (χ0n) is 8.05. The number of nitrogens with one attached hydrogen (secondary N) is 1. The Hall–Kier alpha value is -0.0800. The number of likely N-dealkylation sites (tertiary alicyclic amines) is 1. The monoisotopic (exact) mass is 168 g/mol. The van der Waals surface area contributed by atoms with Gasteiger partial charge in [-0.15, -0.1) is 0 Å². The normalized spacial score (nSPS) is 38.8. The molecule has 2 atom stereocenters. The van der Waals surface area contributed by atoms with E-state index in [1.165, 1.54) is 45.3 Å². The summed E-state index contributed by atoms with van der Waals surface area (Å²) in [4.78, 5) is 2.71. The SMILES string of the molecule is C[C@@H]1CCCCN1[C@H]1CCNC1. The highest BCUT2D eigenvalue weighted by molar-refractivity contribution is 4.85. The van der Waals surface area contributed by atoms with E-state index >= 15 is 0 Å². The fourth-order valence-corrected chi connectivity index (χ4v) is 2.59. The maximum atomic E-state index is 3.45. The van der Waals surface area contributed by atoms with E-state index < -0.39 is 0 Å². The van der Waals surface area contributed by atoms with Crippen molar-refractivity contribution >= 4 is 0 Å². The van der Waals surface area contributed by atoms with Crippen molar-refractivity contribution in [2.24, 2.45) is 0 Å². The molecule has 2 aliphatic heterocycles. The molecule has 2 nitrogen and oxygen atoms in total. The molecule has 0 aromatic heterocycles. The first kappa shape index (κ1) is 8.52. The molecule has 0 bridgehead atoms. The first-order chi connectivity index (χ1) is 5.88. The van der Waals surface area contributed by atoms with Crippen LogP contribution in [0.1, 0.15) is 32.6 Å². The van der Waals surface area contributed by atoms with E-state index in [4.69, 9.17) is 0 Å². The van der Waals surface area contributed by atoms with Crippen molar-refractivity contribution in [1.82, 2.24) is 10.2 Å². The van der Waals surface area contributed by atoms with Gasteiger partial charge in [-0.25, -0.2) is 0 Å². The molecule has 2 saturated heterocycles. The number of hydrogen-bond donors (Lipinski definition) is 1. The second-order valence-electron chi connectivity index (χ2n) is 4.23. The molecule has 2 heteroatoms. The molecule has 12 heavy (non-hydrogen) atoms. The molecule has 0 spiro atoms. The lowest BCUT2D eigenvalue weighted by Gasteiger charge is -2.37. The molecule has 0 aliphatic carbocycles. The molecule has 0 saturated carbocycles. The average Bonchev–Trinajstić information content (AvgIpc) is 2.57. The second kappa shape index (κ2) is 3.75. The summed E-state index contributed by atoms with van der Waals surface area (Å²) in [5.41, 5.74) is 0. The Bertz CT molecular complexity index is 141. The van der Waals surface area contributed by atoms with Crippen molar-refractivity contribution in [3.05, 3.63) is 0 Å². The Kier molecular flexibility index (Phi) is 2.66. The third kappa shape index (κ3) is 1.64. The van der Waals surface area contributed by atoms with Crippen molar-refractivity contribution in [1.29, 1.82) is 0 Å². The molecule has 0 radical (unpaired) electrons. The van der Waals surface area contributed by atoms with Gasteiger partial charge in [0, 0.05) is 18.6 Å². The highest BCUT2D eigenvalue weighted by Gasteiger charge is 2.27. The Labute approximate surface area is 75.3 Å². The van der Waals surface area contributed by atoms with E-state index in [9.17, 15) is 0 Å². The van der Waals surface area contributed by atoms with Gasteiger partial charge in [-0.2, -0.15) is 0 Å². The summed E-state index contributed by atoms with van der Waals surface area (Å²) in [5.74, 6) is 0. The predicted molar refractivity (Wildman–Crippen MR) is 51.3 cm³/mol. The van der Waals surface area contributed by atoms with Gasteiger partial charge in [0.2, 0.25) is 0 Å². The van der Waals surface area contributed by atoms with Gasteiger partial charge in [0.1, 0.15) is 0 Å². The highest BCUT2D eigenvalue weighted by atomic mass is 15.2. The van der Waals surface area contributed by atoms with Gasteiger partial charge < -0.3 is 5.32 Å². The molecule has 2 fully saturated rings. The van der Waals surface area contributed by atoms with Crippen LogP contribution in [0, 0.1) is 0 Å². The molecule has 0 unspecified atom stereocenters. The summed E-state index contributed by atoms with van der Waals surface area (Å²) < 4.78 is 0. The van der Waals surface area contributed by atoms with E-state index in [2.05, 4.69) is 17.1 Å². The number of rotatable bonds is 1. The van der Waals surface area contributed by atoms with E-state index in [-0.39, 0.29) is 0 Å². The lowest BCUT2D eigenvalue weighted by molar-refractivity contribution is 0.114. The zero-order chi connectivity index (χ0) is 8.39. The van der Waals surface area contributed by atoms with Crippen LogP contribution in [0.5, 0.6) is 0 Å². The number of nitrogens with zero attached hydrogens (tertiary/aromatic N) is 1. The van der Waals surface area contributed by atoms with Gasteiger partial charge in [0.15, 0.2) is 0 Å². The minimum absolute atomic E-state index is 0.837. The summed E-state index contributed by atoms with van der Waals surface area (Å²) in [5, 5.41) is 3.45. The van der Waals surface area contributed by atoms with Crippen molar-refractivity contribution in [2.75, 3.05) is 19.6 Å². The van der Waals surface area contributed by atoms with Crippen LogP contribution in [0.2, 0.25) is 0 Å². The predicted octanol–water partition coefficient (Wildman–Crippen LogP) is 1.22. The van der Waals surface area contributed by atoms with Crippen LogP contribution in [0.4, 0.5) is 0 Å². The van der Waals surface area contributed by atoms with Gasteiger partial charge in [0.25, 0.3) is 0 Å². The van der Waals surface area contributed by atoms with E-state index in [0.717, 1.165) is 12.1 Å². The molecule has 0 aromatic carbocycles. The van der Waals surface area contributed by atoms with Crippen molar-refractivity contribution in [3.63, 3.8) is 0 Å². The Morgan fingerprint density at radius 1 is 1.25 bits per heavy atom. The van der Waals surface area contributed by atoms with Gasteiger partial charge in [-0.05, 0) is 39.3 Å². The van der Waals surface area contributed by atoms with Crippen molar-refractivity contribution in [3.8, 4) is 0 Å². The molecule has 0 amide bonds. The Balaban J connectivity index is 1.91. The van der Waals surface area contributed by atoms with Crippen LogP contribution in [0.15, 0.2) is 0 Å². The first-order valence-corrected chi connectivity index (χ1v) is 5.34. The Morgan fingerprint density at radius 2 is 2.17 bits per heavy atom. The average molecular weight is 168 g/mol. The third-order valence-electron chi connectivity index (χ3n) is 3.36. The summed E-state index contributed by atoms with van der Waals surface area (Å²) in [6.45, 7) is 6.18. The molecule has 0 aromatic rings. The van der Waals surface area contributed by atoms with Gasteiger partial charge in [-0.3, -0.25) is 4.90 Å². The fourth-order valence-electron chi connectivity index (χ4n) is 2.59. The lowest BCUT2D eigenvalue weighted by Crippen LogP contribution is -2.45. The fraction of sp³-hybridized carbons (Fsp3) is 1.00. The van der Waals surface area contributed by atoms with Gasteiger partial charge in [-0.1, -0.05) is 6.42 Å².